The molecule has 0 aromatic carbocycles. The molecule has 0 radical (unpaired) electrons. The van der Waals surface area contributed by atoms with Gasteiger partial charge >= 0.3 is 0 Å². The van der Waals surface area contributed by atoms with Crippen molar-refractivity contribution in [3.63, 3.8) is 0 Å². The number of hydrogen-bond donors (Lipinski definition) is 0. The second kappa shape index (κ2) is 6.77. The number of piperidine rings is 1. The Labute approximate surface area is 131 Å². The van der Waals surface area contributed by atoms with Crippen molar-refractivity contribution in [2.45, 2.75) is 57.9 Å². The Morgan fingerprint density at radius 2 is 1.71 bits per heavy atom. The first-order chi connectivity index (χ1) is 10.3. The standard InChI is InChI=1S/C15H24ClN5/c1-2-7-12-8-3-4-11-21(12)15-18-13(16)17-14(19-15)20-9-5-6-10-20/h12H,2-11H2,1H3. The maximum Gasteiger partial charge on any atom is 0.231 e. The van der Waals surface area contributed by atoms with E-state index in [2.05, 4.69) is 26.7 Å². The molecule has 0 amide bonds. The highest BCUT2D eigenvalue weighted by atomic mass is 35.5. The molecule has 6 heteroatoms. The van der Waals surface area contributed by atoms with E-state index in [1.165, 1.54) is 44.9 Å². The first-order valence-corrected chi connectivity index (χ1v) is 8.59. The predicted molar refractivity (Wildman–Crippen MR) is 86.2 cm³/mol. The molecule has 3 heterocycles. The van der Waals surface area contributed by atoms with Crippen molar-refractivity contribution in [3.8, 4) is 0 Å². The summed E-state index contributed by atoms with van der Waals surface area (Å²) in [5, 5.41) is 0.322. The van der Waals surface area contributed by atoms with Gasteiger partial charge in [-0.05, 0) is 50.1 Å². The second-order valence-electron chi connectivity index (χ2n) is 6.03. The van der Waals surface area contributed by atoms with E-state index in [1.54, 1.807) is 0 Å². The first-order valence-electron chi connectivity index (χ1n) is 8.21. The van der Waals surface area contributed by atoms with Crippen LogP contribution in [0.25, 0.3) is 0 Å². The monoisotopic (exact) mass is 309 g/mol. The lowest BCUT2D eigenvalue weighted by molar-refractivity contribution is 0.428. The molecule has 2 aliphatic heterocycles. The molecule has 2 saturated heterocycles. The zero-order chi connectivity index (χ0) is 14.7. The number of rotatable bonds is 4. The zero-order valence-corrected chi connectivity index (χ0v) is 13.5. The molecule has 116 valence electrons. The fourth-order valence-corrected chi connectivity index (χ4v) is 3.56. The lowest BCUT2D eigenvalue weighted by atomic mass is 9.99. The first kappa shape index (κ1) is 14.8. The minimum atomic E-state index is 0.322. The summed E-state index contributed by atoms with van der Waals surface area (Å²) in [7, 11) is 0. The summed E-state index contributed by atoms with van der Waals surface area (Å²) < 4.78 is 0. The van der Waals surface area contributed by atoms with Crippen molar-refractivity contribution in [2.24, 2.45) is 0 Å². The van der Waals surface area contributed by atoms with Gasteiger partial charge in [0.15, 0.2) is 0 Å². The van der Waals surface area contributed by atoms with Crippen LogP contribution < -0.4 is 9.80 Å². The van der Waals surface area contributed by atoms with E-state index >= 15 is 0 Å². The third-order valence-electron chi connectivity index (χ3n) is 4.48. The number of halogens is 1. The van der Waals surface area contributed by atoms with Gasteiger partial charge in [-0.3, -0.25) is 0 Å². The van der Waals surface area contributed by atoms with Crippen molar-refractivity contribution < 1.29 is 0 Å². The van der Waals surface area contributed by atoms with Crippen LogP contribution in [0.4, 0.5) is 11.9 Å². The van der Waals surface area contributed by atoms with Crippen molar-refractivity contribution in [1.29, 1.82) is 0 Å². The molecule has 1 atom stereocenters. The van der Waals surface area contributed by atoms with E-state index in [0.29, 0.717) is 11.3 Å². The van der Waals surface area contributed by atoms with E-state index in [-0.39, 0.29) is 0 Å². The number of aromatic nitrogens is 3. The van der Waals surface area contributed by atoms with Gasteiger partial charge in [0.25, 0.3) is 0 Å². The number of anilines is 2. The van der Waals surface area contributed by atoms with Gasteiger partial charge in [-0.1, -0.05) is 13.3 Å². The highest BCUT2D eigenvalue weighted by Gasteiger charge is 2.26. The molecule has 0 spiro atoms. The number of nitrogens with zero attached hydrogens (tertiary/aromatic N) is 5. The second-order valence-corrected chi connectivity index (χ2v) is 6.37. The summed E-state index contributed by atoms with van der Waals surface area (Å²) in [4.78, 5) is 18.0. The summed E-state index contributed by atoms with van der Waals surface area (Å²) >= 11 is 6.16. The van der Waals surface area contributed by atoms with Gasteiger partial charge in [-0.15, -0.1) is 0 Å². The Bertz CT molecular complexity index is 473. The smallest absolute Gasteiger partial charge is 0.231 e. The summed E-state index contributed by atoms with van der Waals surface area (Å²) in [6.07, 6.45) is 8.56. The molecule has 0 saturated carbocycles. The van der Waals surface area contributed by atoms with E-state index in [1.807, 2.05) is 0 Å². The highest BCUT2D eigenvalue weighted by Crippen LogP contribution is 2.27. The third-order valence-corrected chi connectivity index (χ3v) is 4.65. The SMILES string of the molecule is CCCC1CCCCN1c1nc(Cl)nc(N2CCCC2)n1. The van der Waals surface area contributed by atoms with Gasteiger partial charge in [0.2, 0.25) is 17.2 Å². The Hall–Kier alpha value is -1.10. The predicted octanol–water partition coefficient (Wildman–Crippen LogP) is 3.28. The van der Waals surface area contributed by atoms with Crippen LogP contribution >= 0.6 is 11.6 Å². The highest BCUT2D eigenvalue weighted by molar-refractivity contribution is 6.28. The van der Waals surface area contributed by atoms with Gasteiger partial charge in [0.1, 0.15) is 0 Å². The van der Waals surface area contributed by atoms with Gasteiger partial charge in [0.05, 0.1) is 0 Å². The largest absolute Gasteiger partial charge is 0.341 e. The minimum absolute atomic E-state index is 0.322. The molecule has 1 aromatic rings. The fraction of sp³-hybridized carbons (Fsp3) is 0.800. The lowest BCUT2D eigenvalue weighted by Gasteiger charge is -2.36. The van der Waals surface area contributed by atoms with Crippen LogP contribution in [0.5, 0.6) is 0 Å². The van der Waals surface area contributed by atoms with E-state index < -0.39 is 0 Å². The molecule has 3 rings (SSSR count). The van der Waals surface area contributed by atoms with E-state index in [9.17, 15) is 0 Å². The average molecular weight is 310 g/mol. The van der Waals surface area contributed by atoms with Crippen LogP contribution in [0, 0.1) is 0 Å². The molecule has 21 heavy (non-hydrogen) atoms. The quantitative estimate of drug-likeness (QED) is 0.854. The Balaban J connectivity index is 1.85. The molecule has 0 aliphatic carbocycles. The maximum absolute atomic E-state index is 6.16. The van der Waals surface area contributed by atoms with Gasteiger partial charge in [0, 0.05) is 25.7 Å². The van der Waals surface area contributed by atoms with Crippen molar-refractivity contribution in [2.75, 3.05) is 29.4 Å². The third kappa shape index (κ3) is 3.39. The van der Waals surface area contributed by atoms with Crippen LogP contribution in [0.15, 0.2) is 0 Å². The summed E-state index contributed by atoms with van der Waals surface area (Å²) in [6, 6.07) is 0.550. The topological polar surface area (TPSA) is 45.2 Å². The average Bonchev–Trinajstić information content (AvgIpc) is 3.02. The van der Waals surface area contributed by atoms with Crippen LogP contribution in [0.3, 0.4) is 0 Å². The van der Waals surface area contributed by atoms with Crippen LogP contribution in [-0.4, -0.2) is 40.6 Å². The molecule has 2 fully saturated rings. The lowest BCUT2D eigenvalue weighted by Crippen LogP contribution is -2.41. The number of hydrogen-bond acceptors (Lipinski definition) is 5. The molecule has 0 N–H and O–H groups in total. The molecular formula is C15H24ClN5. The zero-order valence-electron chi connectivity index (χ0n) is 12.8. The minimum Gasteiger partial charge on any atom is -0.341 e. The van der Waals surface area contributed by atoms with E-state index in [0.717, 1.165) is 31.5 Å². The fourth-order valence-electron chi connectivity index (χ4n) is 3.41. The molecule has 1 unspecified atom stereocenters. The van der Waals surface area contributed by atoms with Crippen molar-refractivity contribution >= 4 is 23.5 Å². The Morgan fingerprint density at radius 3 is 2.48 bits per heavy atom. The molecule has 5 nitrogen and oxygen atoms in total. The summed E-state index contributed by atoms with van der Waals surface area (Å²) in [5.41, 5.74) is 0. The molecule has 0 bridgehead atoms. The van der Waals surface area contributed by atoms with Crippen molar-refractivity contribution in [1.82, 2.24) is 15.0 Å². The van der Waals surface area contributed by atoms with Crippen LogP contribution in [0.2, 0.25) is 5.28 Å². The molecule has 2 aliphatic rings. The maximum atomic E-state index is 6.16. The summed E-state index contributed by atoms with van der Waals surface area (Å²) in [6.45, 7) is 5.32. The van der Waals surface area contributed by atoms with Gasteiger partial charge in [-0.2, -0.15) is 15.0 Å². The Kier molecular flexibility index (Phi) is 4.78. The van der Waals surface area contributed by atoms with Crippen LogP contribution in [-0.2, 0) is 0 Å². The van der Waals surface area contributed by atoms with Gasteiger partial charge < -0.3 is 9.80 Å². The van der Waals surface area contributed by atoms with Gasteiger partial charge in [-0.25, -0.2) is 0 Å². The molecular weight excluding hydrogens is 286 g/mol. The Morgan fingerprint density at radius 1 is 1.00 bits per heavy atom. The van der Waals surface area contributed by atoms with Crippen molar-refractivity contribution in [3.05, 3.63) is 5.28 Å². The van der Waals surface area contributed by atoms with Crippen LogP contribution in [0.1, 0.15) is 51.9 Å². The van der Waals surface area contributed by atoms with E-state index in [4.69, 9.17) is 16.6 Å². The normalized spacial score (nSPS) is 22.9. The molecule has 1 aromatic heterocycles. The summed E-state index contributed by atoms with van der Waals surface area (Å²) in [5.74, 6) is 1.53.